The monoisotopic (exact) mass is 473 g/mol. The van der Waals surface area contributed by atoms with Crippen LogP contribution in [0, 0.1) is 12.7 Å². The zero-order valence-corrected chi connectivity index (χ0v) is 20.3. The number of amides is 1. The van der Waals surface area contributed by atoms with E-state index in [9.17, 15) is 13.2 Å². The molecular formula is C25H32FN3O3S. The van der Waals surface area contributed by atoms with Crippen LogP contribution in [0.4, 0.5) is 10.1 Å². The normalized spacial score (nSPS) is 23.5. The minimum atomic E-state index is -3.63. The van der Waals surface area contributed by atoms with E-state index in [0.29, 0.717) is 38.2 Å². The number of hydrogen-bond acceptors (Lipinski definition) is 4. The summed E-state index contributed by atoms with van der Waals surface area (Å²) in [5.41, 5.74) is 2.92. The van der Waals surface area contributed by atoms with Crippen molar-refractivity contribution in [3.05, 3.63) is 65.0 Å². The van der Waals surface area contributed by atoms with Gasteiger partial charge in [-0.05, 0) is 49.9 Å². The molecule has 2 aromatic rings. The molecular weight excluding hydrogens is 441 g/mol. The van der Waals surface area contributed by atoms with Gasteiger partial charge in [0.05, 0.1) is 0 Å². The predicted octanol–water partition coefficient (Wildman–Crippen LogP) is 3.86. The van der Waals surface area contributed by atoms with E-state index in [-0.39, 0.29) is 18.5 Å². The Kier molecular flexibility index (Phi) is 6.77. The standard InChI is InChI=1S/C25H32FN3O3S/c1-18-6-4-5-7-23(18)25-11-8-19(2)29(33(25,31)32)17-21-9-10-22(16-24(21)26)28-14-12-27(13-15-28)20(3)30/h4-7,9-10,16,19,25H,8,11-15,17H2,1-3H3/t19-,25?/m0/s1. The van der Waals surface area contributed by atoms with Crippen LogP contribution in [0.1, 0.15) is 48.6 Å². The van der Waals surface area contributed by atoms with Crippen LogP contribution in [0.25, 0.3) is 0 Å². The molecule has 2 heterocycles. The maximum Gasteiger partial charge on any atom is 0.221 e. The Bertz CT molecular complexity index is 1130. The molecule has 1 unspecified atom stereocenters. The van der Waals surface area contributed by atoms with Crippen molar-refractivity contribution in [1.29, 1.82) is 0 Å². The summed E-state index contributed by atoms with van der Waals surface area (Å²) in [7, 11) is -3.63. The predicted molar refractivity (Wildman–Crippen MR) is 128 cm³/mol. The summed E-state index contributed by atoms with van der Waals surface area (Å²) in [6.07, 6.45) is 1.30. The number of carbonyl (C=O) groups excluding carboxylic acids is 1. The molecule has 0 spiro atoms. The number of nitrogens with zero attached hydrogens (tertiary/aromatic N) is 3. The summed E-state index contributed by atoms with van der Waals surface area (Å²) in [5.74, 6) is -0.348. The fourth-order valence-corrected chi connectivity index (χ4v) is 7.19. The van der Waals surface area contributed by atoms with Crippen LogP contribution in [0.3, 0.4) is 0 Å². The van der Waals surface area contributed by atoms with Crippen LogP contribution in [0.2, 0.25) is 0 Å². The van der Waals surface area contributed by atoms with Crippen molar-refractivity contribution in [2.75, 3.05) is 31.1 Å². The molecule has 33 heavy (non-hydrogen) atoms. The molecule has 0 N–H and O–H groups in total. The maximum atomic E-state index is 15.1. The first-order valence-electron chi connectivity index (χ1n) is 11.5. The zero-order chi connectivity index (χ0) is 23.8. The lowest BCUT2D eigenvalue weighted by Crippen LogP contribution is -2.48. The molecule has 2 aliphatic rings. The number of sulfonamides is 1. The number of rotatable bonds is 4. The minimum absolute atomic E-state index is 0.0239. The number of benzene rings is 2. The summed E-state index contributed by atoms with van der Waals surface area (Å²) >= 11 is 0. The lowest BCUT2D eigenvalue weighted by molar-refractivity contribution is -0.129. The molecule has 0 bridgehead atoms. The summed E-state index contributed by atoms with van der Waals surface area (Å²) in [6, 6.07) is 12.4. The van der Waals surface area contributed by atoms with Crippen molar-refractivity contribution in [3.63, 3.8) is 0 Å². The van der Waals surface area contributed by atoms with Gasteiger partial charge < -0.3 is 9.80 Å². The van der Waals surface area contributed by atoms with E-state index < -0.39 is 21.1 Å². The lowest BCUT2D eigenvalue weighted by atomic mass is 10.0. The second-order valence-electron chi connectivity index (χ2n) is 9.13. The van der Waals surface area contributed by atoms with Crippen molar-refractivity contribution >= 4 is 21.6 Å². The first-order valence-corrected chi connectivity index (χ1v) is 13.0. The molecule has 1 amide bonds. The fourth-order valence-electron chi connectivity index (χ4n) is 4.92. The molecule has 4 rings (SSSR count). The number of carbonyl (C=O) groups is 1. The van der Waals surface area contributed by atoms with Crippen molar-refractivity contribution < 1.29 is 17.6 Å². The van der Waals surface area contributed by atoms with Crippen molar-refractivity contribution in [2.45, 2.75) is 51.4 Å². The first-order chi connectivity index (χ1) is 15.7. The van der Waals surface area contributed by atoms with E-state index in [1.165, 1.54) is 10.4 Å². The average molecular weight is 474 g/mol. The molecule has 2 saturated heterocycles. The smallest absolute Gasteiger partial charge is 0.221 e. The third-order valence-electron chi connectivity index (χ3n) is 7.01. The second kappa shape index (κ2) is 9.43. The third kappa shape index (κ3) is 4.77. The molecule has 6 nitrogen and oxygen atoms in total. The highest BCUT2D eigenvalue weighted by atomic mass is 32.2. The van der Waals surface area contributed by atoms with Gasteiger partial charge >= 0.3 is 0 Å². The van der Waals surface area contributed by atoms with E-state index >= 15 is 4.39 Å². The van der Waals surface area contributed by atoms with Gasteiger partial charge in [0.2, 0.25) is 15.9 Å². The molecule has 2 fully saturated rings. The fraction of sp³-hybridized carbons (Fsp3) is 0.480. The van der Waals surface area contributed by atoms with E-state index in [2.05, 4.69) is 4.90 Å². The number of anilines is 1. The SMILES string of the molecule is CC(=O)N1CCN(c2ccc(CN3[C@@H](C)CCC(c4ccccc4C)S3(=O)=O)c(F)c2)CC1. The molecule has 2 atom stereocenters. The van der Waals surface area contributed by atoms with Gasteiger partial charge in [-0.2, -0.15) is 4.31 Å². The number of piperazine rings is 1. The molecule has 8 heteroatoms. The van der Waals surface area contributed by atoms with Crippen LogP contribution >= 0.6 is 0 Å². The summed E-state index contributed by atoms with van der Waals surface area (Å²) in [4.78, 5) is 15.4. The Morgan fingerprint density at radius 3 is 2.39 bits per heavy atom. The van der Waals surface area contributed by atoms with Crippen molar-refractivity contribution in [2.24, 2.45) is 0 Å². The quantitative estimate of drug-likeness (QED) is 0.677. The number of halogens is 1. The Morgan fingerprint density at radius 2 is 1.76 bits per heavy atom. The first kappa shape index (κ1) is 23.7. The average Bonchev–Trinajstić information content (AvgIpc) is 2.78. The zero-order valence-electron chi connectivity index (χ0n) is 19.5. The summed E-state index contributed by atoms with van der Waals surface area (Å²) < 4.78 is 43.7. The van der Waals surface area contributed by atoms with E-state index in [1.54, 1.807) is 17.9 Å². The van der Waals surface area contributed by atoms with Crippen LogP contribution in [-0.4, -0.2) is 55.8 Å². The van der Waals surface area contributed by atoms with E-state index in [4.69, 9.17) is 0 Å². The van der Waals surface area contributed by atoms with Gasteiger partial charge in [-0.25, -0.2) is 12.8 Å². The topological polar surface area (TPSA) is 60.9 Å². The van der Waals surface area contributed by atoms with Crippen molar-refractivity contribution in [1.82, 2.24) is 9.21 Å². The minimum Gasteiger partial charge on any atom is -0.368 e. The Balaban J connectivity index is 1.53. The highest BCUT2D eigenvalue weighted by Crippen LogP contribution is 2.39. The highest BCUT2D eigenvalue weighted by molar-refractivity contribution is 7.89. The van der Waals surface area contributed by atoms with Crippen LogP contribution < -0.4 is 4.90 Å². The highest BCUT2D eigenvalue weighted by Gasteiger charge is 2.41. The largest absolute Gasteiger partial charge is 0.368 e. The van der Waals surface area contributed by atoms with Gasteiger partial charge in [0.25, 0.3) is 0 Å². The Hall–Kier alpha value is -2.45. The molecule has 0 saturated carbocycles. The van der Waals surface area contributed by atoms with Crippen LogP contribution in [0.5, 0.6) is 0 Å². The third-order valence-corrected chi connectivity index (χ3v) is 9.36. The second-order valence-corrected chi connectivity index (χ2v) is 11.2. The number of hydrogen-bond donors (Lipinski definition) is 0. The van der Waals surface area contributed by atoms with Crippen LogP contribution in [0.15, 0.2) is 42.5 Å². The van der Waals surface area contributed by atoms with Crippen molar-refractivity contribution in [3.8, 4) is 0 Å². The lowest BCUT2D eigenvalue weighted by Gasteiger charge is -2.38. The van der Waals surface area contributed by atoms with Gasteiger partial charge in [0.15, 0.2) is 0 Å². The summed E-state index contributed by atoms with van der Waals surface area (Å²) in [5, 5.41) is -0.602. The molecule has 0 aromatic heterocycles. The molecule has 2 aliphatic heterocycles. The van der Waals surface area contributed by atoms with Gasteiger partial charge in [0, 0.05) is 56.9 Å². The molecule has 0 radical (unpaired) electrons. The van der Waals surface area contributed by atoms with E-state index in [0.717, 1.165) is 23.2 Å². The molecule has 0 aliphatic carbocycles. The Morgan fingerprint density at radius 1 is 1.06 bits per heavy atom. The number of aryl methyl sites for hydroxylation is 1. The van der Waals surface area contributed by atoms with Gasteiger partial charge in [-0.3, -0.25) is 4.79 Å². The van der Waals surface area contributed by atoms with Gasteiger partial charge in [0.1, 0.15) is 11.1 Å². The maximum absolute atomic E-state index is 15.1. The molecule has 2 aromatic carbocycles. The van der Waals surface area contributed by atoms with Gasteiger partial charge in [-0.1, -0.05) is 30.3 Å². The summed E-state index contributed by atoms with van der Waals surface area (Å²) in [6.45, 7) is 7.93. The Labute approximate surface area is 196 Å². The van der Waals surface area contributed by atoms with Crippen LogP contribution in [-0.2, 0) is 21.4 Å². The molecule has 178 valence electrons. The van der Waals surface area contributed by atoms with Gasteiger partial charge in [-0.15, -0.1) is 0 Å². The van der Waals surface area contributed by atoms with E-state index in [1.807, 2.05) is 44.2 Å².